The third-order valence-corrected chi connectivity index (χ3v) is 8.52. The molecule has 0 aliphatic rings. The van der Waals surface area contributed by atoms with Gasteiger partial charge in [0.15, 0.2) is 0 Å². The molecule has 0 saturated heterocycles. The number of carbonyl (C=O) groups excluding carboxylic acids is 2. The number of unbranched alkanes of at least 4 members (excludes halogenated alkanes) is 1. The van der Waals surface area contributed by atoms with Crippen LogP contribution in [0, 0.1) is 6.92 Å². The second kappa shape index (κ2) is 14.1. The molecule has 3 aromatic carbocycles. The smallest absolute Gasteiger partial charge is 0.264 e. The lowest BCUT2D eigenvalue weighted by Crippen LogP contribution is -2.52. The van der Waals surface area contributed by atoms with Gasteiger partial charge in [-0.05, 0) is 68.7 Å². The van der Waals surface area contributed by atoms with Crippen molar-refractivity contribution < 1.29 is 18.0 Å². The van der Waals surface area contributed by atoms with Crippen molar-refractivity contribution in [1.82, 2.24) is 10.2 Å². The van der Waals surface area contributed by atoms with Crippen LogP contribution in [0.3, 0.4) is 0 Å². The quantitative estimate of drug-likeness (QED) is 0.286. The van der Waals surface area contributed by atoms with Crippen molar-refractivity contribution in [3.05, 3.63) is 95.0 Å². The number of benzene rings is 3. The van der Waals surface area contributed by atoms with E-state index in [1.165, 1.54) is 17.0 Å². The number of amides is 2. The predicted octanol–water partition coefficient (Wildman–Crippen LogP) is 5.22. The second-order valence-corrected chi connectivity index (χ2v) is 11.7. The Labute approximate surface area is 236 Å². The Bertz CT molecular complexity index is 1330. The second-order valence-electron chi connectivity index (χ2n) is 9.44. The van der Waals surface area contributed by atoms with Gasteiger partial charge in [-0.15, -0.1) is 0 Å². The molecule has 208 valence electrons. The van der Waals surface area contributed by atoms with Gasteiger partial charge in [-0.3, -0.25) is 13.9 Å². The van der Waals surface area contributed by atoms with Crippen LogP contribution in [0.15, 0.2) is 83.8 Å². The summed E-state index contributed by atoms with van der Waals surface area (Å²) in [6.07, 6.45) is 2.28. The van der Waals surface area contributed by atoms with Crippen LogP contribution in [-0.4, -0.2) is 50.8 Å². The number of nitrogens with one attached hydrogen (secondary N) is 1. The third kappa shape index (κ3) is 8.31. The zero-order chi connectivity index (χ0) is 28.4. The van der Waals surface area contributed by atoms with E-state index in [1.54, 1.807) is 43.3 Å². The van der Waals surface area contributed by atoms with Gasteiger partial charge < -0.3 is 10.2 Å². The van der Waals surface area contributed by atoms with Gasteiger partial charge in [0, 0.05) is 18.1 Å². The summed E-state index contributed by atoms with van der Waals surface area (Å²) >= 11 is 6.06. The molecule has 3 aromatic rings. The minimum Gasteiger partial charge on any atom is -0.354 e. The maximum absolute atomic E-state index is 13.8. The summed E-state index contributed by atoms with van der Waals surface area (Å²) in [6, 6.07) is 21.6. The predicted molar refractivity (Wildman–Crippen MR) is 156 cm³/mol. The number of hydrogen-bond acceptors (Lipinski definition) is 4. The lowest BCUT2D eigenvalue weighted by Gasteiger charge is -2.32. The first kappa shape index (κ1) is 30.2. The van der Waals surface area contributed by atoms with Crippen LogP contribution in [0.4, 0.5) is 5.69 Å². The maximum Gasteiger partial charge on any atom is 0.264 e. The molecule has 1 atom stereocenters. The molecule has 0 bridgehead atoms. The summed E-state index contributed by atoms with van der Waals surface area (Å²) < 4.78 is 28.7. The van der Waals surface area contributed by atoms with E-state index in [2.05, 4.69) is 5.32 Å². The van der Waals surface area contributed by atoms with E-state index in [1.807, 2.05) is 44.2 Å². The lowest BCUT2D eigenvalue weighted by atomic mass is 10.1. The van der Waals surface area contributed by atoms with Gasteiger partial charge in [0.25, 0.3) is 10.0 Å². The van der Waals surface area contributed by atoms with E-state index in [4.69, 9.17) is 11.6 Å². The molecule has 9 heteroatoms. The highest BCUT2D eigenvalue weighted by atomic mass is 35.5. The van der Waals surface area contributed by atoms with Crippen molar-refractivity contribution in [2.75, 3.05) is 23.9 Å². The first-order valence-corrected chi connectivity index (χ1v) is 14.9. The average molecular weight is 570 g/mol. The third-order valence-electron chi connectivity index (χ3n) is 6.48. The molecule has 3 rings (SSSR count). The Morgan fingerprint density at radius 3 is 2.21 bits per heavy atom. The normalized spacial score (nSPS) is 12.0. The van der Waals surface area contributed by atoms with Crippen LogP contribution < -0.4 is 9.62 Å². The first-order chi connectivity index (χ1) is 18.6. The van der Waals surface area contributed by atoms with Crippen molar-refractivity contribution >= 4 is 39.1 Å². The highest BCUT2D eigenvalue weighted by Crippen LogP contribution is 2.26. The van der Waals surface area contributed by atoms with Gasteiger partial charge in [0.1, 0.15) is 12.6 Å². The summed E-state index contributed by atoms with van der Waals surface area (Å²) in [5, 5.41) is 3.33. The molecule has 0 fully saturated rings. The van der Waals surface area contributed by atoms with E-state index < -0.39 is 28.5 Å². The average Bonchev–Trinajstić information content (AvgIpc) is 2.93. The van der Waals surface area contributed by atoms with Gasteiger partial charge in [0.05, 0.1) is 10.6 Å². The number of halogens is 1. The highest BCUT2D eigenvalue weighted by molar-refractivity contribution is 7.92. The molecule has 0 aliphatic heterocycles. The minimum absolute atomic E-state index is 0.0667. The van der Waals surface area contributed by atoms with Gasteiger partial charge in [0.2, 0.25) is 11.8 Å². The largest absolute Gasteiger partial charge is 0.354 e. The SMILES string of the molecule is CCCCNC(=O)[C@H](C)N(CCc1ccccc1)C(=O)CN(c1ccc(Cl)cc1)S(=O)(=O)c1ccc(C)cc1. The number of hydrogen-bond donors (Lipinski definition) is 1. The number of anilines is 1. The van der Waals surface area contributed by atoms with E-state index in [0.717, 1.165) is 28.3 Å². The minimum atomic E-state index is -4.10. The van der Waals surface area contributed by atoms with E-state index in [9.17, 15) is 18.0 Å². The van der Waals surface area contributed by atoms with Crippen molar-refractivity contribution in [1.29, 1.82) is 0 Å². The lowest BCUT2D eigenvalue weighted by molar-refractivity contribution is -0.138. The van der Waals surface area contributed by atoms with E-state index in [-0.39, 0.29) is 17.3 Å². The fraction of sp³-hybridized carbons (Fsp3) is 0.333. The Morgan fingerprint density at radius 1 is 0.949 bits per heavy atom. The molecule has 2 amide bonds. The molecule has 0 heterocycles. The van der Waals surface area contributed by atoms with Crippen molar-refractivity contribution in [2.24, 2.45) is 0 Å². The molecule has 0 radical (unpaired) electrons. The summed E-state index contributed by atoms with van der Waals surface area (Å²) in [6.45, 7) is 5.87. The molecule has 0 unspecified atom stereocenters. The number of carbonyl (C=O) groups is 2. The van der Waals surface area contributed by atoms with Crippen molar-refractivity contribution in [3.63, 3.8) is 0 Å². The fourth-order valence-corrected chi connectivity index (χ4v) is 5.62. The molecule has 0 aliphatic carbocycles. The molecule has 1 N–H and O–H groups in total. The van der Waals surface area contributed by atoms with Gasteiger partial charge in [-0.25, -0.2) is 8.42 Å². The summed E-state index contributed by atoms with van der Waals surface area (Å²) in [4.78, 5) is 28.3. The Kier molecular flexibility index (Phi) is 10.9. The highest BCUT2D eigenvalue weighted by Gasteiger charge is 2.32. The molecule has 39 heavy (non-hydrogen) atoms. The molecular weight excluding hydrogens is 534 g/mol. The first-order valence-electron chi connectivity index (χ1n) is 13.1. The maximum atomic E-state index is 13.8. The summed E-state index contributed by atoms with van der Waals surface area (Å²) in [5.74, 6) is -0.751. The van der Waals surface area contributed by atoms with Crippen LogP contribution in [-0.2, 0) is 26.0 Å². The Balaban J connectivity index is 1.94. The van der Waals surface area contributed by atoms with Gasteiger partial charge >= 0.3 is 0 Å². The van der Waals surface area contributed by atoms with Crippen LogP contribution >= 0.6 is 11.6 Å². The van der Waals surface area contributed by atoms with Crippen LogP contribution in [0.2, 0.25) is 5.02 Å². The molecular formula is C30H36ClN3O4S. The summed E-state index contributed by atoms with van der Waals surface area (Å²) in [7, 11) is -4.10. The molecule has 0 saturated carbocycles. The van der Waals surface area contributed by atoms with E-state index in [0.29, 0.717) is 23.7 Å². The number of sulfonamides is 1. The van der Waals surface area contributed by atoms with E-state index >= 15 is 0 Å². The molecule has 7 nitrogen and oxygen atoms in total. The molecule has 0 spiro atoms. The standard InChI is InChI=1S/C30H36ClN3O4S/c1-4-5-20-32-30(36)24(3)33(21-19-25-9-7-6-8-10-25)29(35)22-34(27-15-13-26(31)14-16-27)39(37,38)28-17-11-23(2)12-18-28/h6-18,24H,4-5,19-22H2,1-3H3,(H,32,36)/t24-/m0/s1. The van der Waals surface area contributed by atoms with Crippen LogP contribution in [0.5, 0.6) is 0 Å². The fourth-order valence-electron chi connectivity index (χ4n) is 4.08. The molecule has 0 aromatic heterocycles. The van der Waals surface area contributed by atoms with Gasteiger partial charge in [-0.1, -0.05) is 73.0 Å². The topological polar surface area (TPSA) is 86.8 Å². The van der Waals surface area contributed by atoms with Crippen LogP contribution in [0.25, 0.3) is 0 Å². The van der Waals surface area contributed by atoms with Crippen molar-refractivity contribution in [3.8, 4) is 0 Å². The van der Waals surface area contributed by atoms with Gasteiger partial charge in [-0.2, -0.15) is 0 Å². The van der Waals surface area contributed by atoms with Crippen LogP contribution in [0.1, 0.15) is 37.8 Å². The monoisotopic (exact) mass is 569 g/mol. The number of nitrogens with zero attached hydrogens (tertiary/aromatic N) is 2. The summed E-state index contributed by atoms with van der Waals surface area (Å²) in [5.41, 5.74) is 2.23. The van der Waals surface area contributed by atoms with Crippen molar-refractivity contribution in [2.45, 2.75) is 51.0 Å². The zero-order valence-electron chi connectivity index (χ0n) is 22.6. The number of rotatable bonds is 13. The zero-order valence-corrected chi connectivity index (χ0v) is 24.2. The Morgan fingerprint density at radius 2 is 1.59 bits per heavy atom. The number of aryl methyl sites for hydroxylation is 1. The Hall–Kier alpha value is -3.36.